The van der Waals surface area contributed by atoms with Gasteiger partial charge in [0, 0.05) is 25.3 Å². The average Bonchev–Trinajstić information content (AvgIpc) is 2.84. The molecule has 0 radical (unpaired) electrons. The van der Waals surface area contributed by atoms with E-state index in [4.69, 9.17) is 33.7 Å². The Balaban J connectivity index is 1.51. The van der Waals surface area contributed by atoms with Gasteiger partial charge < -0.3 is 31.3 Å². The van der Waals surface area contributed by atoms with Crippen LogP contribution >= 0.6 is 23.2 Å². The molecule has 37 heavy (non-hydrogen) atoms. The van der Waals surface area contributed by atoms with Crippen molar-refractivity contribution in [1.29, 1.82) is 0 Å². The smallest absolute Gasteiger partial charge is 0.408 e. The van der Waals surface area contributed by atoms with Crippen LogP contribution in [0.25, 0.3) is 0 Å². The molecule has 0 bridgehead atoms. The Morgan fingerprint density at radius 2 is 1.62 bits per heavy atom. The Hall–Kier alpha value is -3.01. The van der Waals surface area contributed by atoms with E-state index in [-0.39, 0.29) is 18.5 Å². The molecule has 1 heterocycles. The Bertz CT molecular complexity index is 1090. The molecular weight excluding hydrogens is 517 g/mol. The molecule has 1 aliphatic rings. The predicted octanol–water partition coefficient (Wildman–Crippen LogP) is 5.20. The first-order chi connectivity index (χ1) is 17.5. The largest absolute Gasteiger partial charge is 0.444 e. The molecule has 11 heteroatoms. The Kier molecular flexibility index (Phi) is 9.64. The predicted molar refractivity (Wildman–Crippen MR) is 146 cm³/mol. The summed E-state index contributed by atoms with van der Waals surface area (Å²) in [5.41, 5.74) is 7.11. The normalized spacial score (nSPS) is 15.0. The lowest BCUT2D eigenvalue weighted by atomic mass is 9.89. The third-order valence-electron chi connectivity index (χ3n) is 5.87. The molecule has 0 aromatic heterocycles. The second-order valence-electron chi connectivity index (χ2n) is 9.83. The van der Waals surface area contributed by atoms with E-state index in [1.54, 1.807) is 43.9 Å². The van der Waals surface area contributed by atoms with Gasteiger partial charge in [0.25, 0.3) is 0 Å². The van der Waals surface area contributed by atoms with Crippen molar-refractivity contribution < 1.29 is 19.1 Å². The van der Waals surface area contributed by atoms with Crippen molar-refractivity contribution in [3.63, 3.8) is 0 Å². The summed E-state index contributed by atoms with van der Waals surface area (Å²) in [5.74, 6) is -0.151. The topological polar surface area (TPSA) is 126 Å². The molecule has 9 nitrogen and oxygen atoms in total. The number of para-hydroxylation sites is 1. The molecule has 0 aliphatic carbocycles. The average molecular weight is 550 g/mol. The fourth-order valence-electron chi connectivity index (χ4n) is 3.97. The summed E-state index contributed by atoms with van der Waals surface area (Å²) in [7, 11) is 0. The summed E-state index contributed by atoms with van der Waals surface area (Å²) in [6, 6.07) is 11.5. The van der Waals surface area contributed by atoms with E-state index < -0.39 is 23.6 Å². The summed E-state index contributed by atoms with van der Waals surface area (Å²) in [4.78, 5) is 39.0. The van der Waals surface area contributed by atoms with Crippen LogP contribution in [0, 0.1) is 0 Å². The van der Waals surface area contributed by atoms with Crippen molar-refractivity contribution in [2.75, 3.05) is 30.3 Å². The van der Waals surface area contributed by atoms with E-state index >= 15 is 0 Å². The number of hydrogen-bond donors (Lipinski definition) is 4. The number of anilines is 2. The summed E-state index contributed by atoms with van der Waals surface area (Å²) < 4.78 is 5.19. The molecule has 1 unspecified atom stereocenters. The lowest BCUT2D eigenvalue weighted by Gasteiger charge is -2.32. The van der Waals surface area contributed by atoms with Crippen molar-refractivity contribution in [2.24, 2.45) is 5.73 Å². The highest BCUT2D eigenvalue weighted by molar-refractivity contribution is 6.39. The van der Waals surface area contributed by atoms with E-state index in [1.165, 1.54) is 0 Å². The number of alkyl carbamates (subject to hydrolysis) is 1. The maximum Gasteiger partial charge on any atom is 0.408 e. The van der Waals surface area contributed by atoms with Crippen LogP contribution in [0.15, 0.2) is 42.5 Å². The molecule has 2 aromatic carbocycles. The number of nitrogens with zero attached hydrogens (tertiary/aromatic N) is 1. The van der Waals surface area contributed by atoms with Gasteiger partial charge in [-0.15, -0.1) is 0 Å². The minimum Gasteiger partial charge on any atom is -0.444 e. The standard InChI is InChI=1S/C26H33Cl2N5O4/c1-26(2,3)37-25(36)31-21(15-29)23(34)30-18-9-7-16(8-10-18)17-11-13-33(14-12-17)24(35)32-22-19(27)5-4-6-20(22)28/h4-10,17,21H,11-15,29H2,1-3H3,(H,30,34)(H,31,36)(H,32,35). The molecule has 1 saturated heterocycles. The van der Waals surface area contributed by atoms with Gasteiger partial charge in [0.1, 0.15) is 11.6 Å². The summed E-state index contributed by atoms with van der Waals surface area (Å²) in [6.45, 7) is 6.32. The van der Waals surface area contributed by atoms with Crippen LogP contribution in [-0.2, 0) is 9.53 Å². The van der Waals surface area contributed by atoms with Crippen LogP contribution in [0.5, 0.6) is 0 Å². The molecule has 2 aromatic rings. The van der Waals surface area contributed by atoms with Gasteiger partial charge >= 0.3 is 12.1 Å². The maximum atomic E-state index is 12.7. The van der Waals surface area contributed by atoms with Crippen LogP contribution in [0.3, 0.4) is 0 Å². The highest BCUT2D eigenvalue weighted by Gasteiger charge is 2.26. The van der Waals surface area contributed by atoms with Crippen molar-refractivity contribution in [1.82, 2.24) is 10.2 Å². The van der Waals surface area contributed by atoms with E-state index in [0.717, 1.165) is 18.4 Å². The van der Waals surface area contributed by atoms with Crippen LogP contribution in [0.2, 0.25) is 10.0 Å². The van der Waals surface area contributed by atoms with Gasteiger partial charge in [0.05, 0.1) is 15.7 Å². The second-order valence-corrected chi connectivity index (χ2v) is 10.6. The number of halogens is 2. The van der Waals surface area contributed by atoms with Gasteiger partial charge in [-0.3, -0.25) is 4.79 Å². The van der Waals surface area contributed by atoms with Gasteiger partial charge in [-0.25, -0.2) is 9.59 Å². The molecule has 0 saturated carbocycles. The van der Waals surface area contributed by atoms with Crippen LogP contribution in [0.4, 0.5) is 21.0 Å². The molecule has 0 spiro atoms. The number of nitrogens with one attached hydrogen (secondary N) is 3. The number of ether oxygens (including phenoxy) is 1. The SMILES string of the molecule is CC(C)(C)OC(=O)NC(CN)C(=O)Nc1ccc(C2CCN(C(=O)Nc3c(Cl)cccc3Cl)CC2)cc1. The highest BCUT2D eigenvalue weighted by Crippen LogP contribution is 2.32. The zero-order chi connectivity index (χ0) is 27.2. The third-order valence-corrected chi connectivity index (χ3v) is 6.50. The Labute approximate surface area is 227 Å². The van der Waals surface area contributed by atoms with E-state index in [9.17, 15) is 14.4 Å². The maximum absolute atomic E-state index is 12.7. The molecule has 1 fully saturated rings. The first kappa shape index (κ1) is 28.6. The molecule has 3 rings (SSSR count). The lowest BCUT2D eigenvalue weighted by molar-refractivity contribution is -0.118. The van der Waals surface area contributed by atoms with Gasteiger partial charge in [-0.2, -0.15) is 0 Å². The fourth-order valence-corrected chi connectivity index (χ4v) is 4.46. The fraction of sp³-hybridized carbons (Fsp3) is 0.423. The number of urea groups is 1. The van der Waals surface area contributed by atoms with E-state index in [2.05, 4.69) is 16.0 Å². The van der Waals surface area contributed by atoms with Gasteiger partial charge in [-0.05, 0) is 69.4 Å². The number of nitrogens with two attached hydrogens (primary N) is 1. The van der Waals surface area contributed by atoms with Crippen molar-refractivity contribution >= 4 is 52.6 Å². The zero-order valence-corrected chi connectivity index (χ0v) is 22.7. The van der Waals surface area contributed by atoms with Crippen molar-refractivity contribution in [2.45, 2.75) is 51.2 Å². The minimum absolute atomic E-state index is 0.0714. The lowest BCUT2D eigenvalue weighted by Crippen LogP contribution is -2.49. The molecule has 4 amide bonds. The van der Waals surface area contributed by atoms with E-state index in [1.807, 2.05) is 24.3 Å². The second kappa shape index (κ2) is 12.5. The minimum atomic E-state index is -0.925. The number of benzene rings is 2. The van der Waals surface area contributed by atoms with Crippen molar-refractivity contribution in [3.05, 3.63) is 58.1 Å². The highest BCUT2D eigenvalue weighted by atomic mass is 35.5. The van der Waals surface area contributed by atoms with Crippen molar-refractivity contribution in [3.8, 4) is 0 Å². The molecular formula is C26H33Cl2N5O4. The quantitative estimate of drug-likeness (QED) is 0.394. The van der Waals surface area contributed by atoms with Crippen LogP contribution in [0.1, 0.15) is 45.1 Å². The number of amides is 4. The zero-order valence-electron chi connectivity index (χ0n) is 21.1. The summed E-state index contributed by atoms with van der Waals surface area (Å²) in [6.07, 6.45) is 0.887. The number of carbonyl (C=O) groups is 3. The van der Waals surface area contributed by atoms with Gasteiger partial charge in [0.15, 0.2) is 0 Å². The van der Waals surface area contributed by atoms with Crippen LogP contribution < -0.4 is 21.7 Å². The summed E-state index contributed by atoms with van der Waals surface area (Å²) in [5, 5.41) is 8.85. The first-order valence-corrected chi connectivity index (χ1v) is 12.8. The van der Waals surface area contributed by atoms with Gasteiger partial charge in [-0.1, -0.05) is 41.4 Å². The van der Waals surface area contributed by atoms with E-state index in [0.29, 0.717) is 34.5 Å². The number of likely N-dealkylation sites (tertiary alicyclic amines) is 1. The molecule has 200 valence electrons. The number of piperidine rings is 1. The number of carbonyl (C=O) groups excluding carboxylic acids is 3. The Morgan fingerprint density at radius 1 is 1.03 bits per heavy atom. The first-order valence-electron chi connectivity index (χ1n) is 12.1. The monoisotopic (exact) mass is 549 g/mol. The Morgan fingerprint density at radius 3 is 2.16 bits per heavy atom. The molecule has 1 atom stereocenters. The van der Waals surface area contributed by atoms with Gasteiger partial charge in [0.2, 0.25) is 5.91 Å². The van der Waals surface area contributed by atoms with Crippen LogP contribution in [-0.4, -0.2) is 54.2 Å². The number of hydrogen-bond acceptors (Lipinski definition) is 5. The molecule has 1 aliphatic heterocycles. The molecule has 5 N–H and O–H groups in total. The number of rotatable bonds is 6. The third kappa shape index (κ3) is 8.24. The summed E-state index contributed by atoms with van der Waals surface area (Å²) >= 11 is 12.3.